The second kappa shape index (κ2) is 11.6. The van der Waals surface area contributed by atoms with E-state index in [-0.39, 0.29) is 5.41 Å². The SMILES string of the molecule is CC1(C)c2ccccc2N(c2cc(-c3cccc(-c4ccc(C#N)c(C#N)c4)c3)cc(-n3c4ccccc4c4cnccc43)c2)c2ccccc21. The summed E-state index contributed by atoms with van der Waals surface area (Å²) in [7, 11) is 0. The molecule has 0 fully saturated rings. The van der Waals surface area contributed by atoms with Crippen LogP contribution in [0.15, 0.2) is 152 Å². The summed E-state index contributed by atoms with van der Waals surface area (Å²) in [5.41, 5.74) is 13.7. The van der Waals surface area contributed by atoms with Gasteiger partial charge in [-0.3, -0.25) is 4.98 Å². The summed E-state index contributed by atoms with van der Waals surface area (Å²) in [6.45, 7) is 4.62. The number of nitrogens with zero attached hydrogens (tertiary/aromatic N) is 5. The topological polar surface area (TPSA) is 68.6 Å². The summed E-state index contributed by atoms with van der Waals surface area (Å²) in [5, 5.41) is 21.5. The largest absolute Gasteiger partial charge is 0.310 e. The average molecular weight is 654 g/mol. The molecule has 0 aliphatic carbocycles. The van der Waals surface area contributed by atoms with Crippen LogP contribution in [0.1, 0.15) is 36.1 Å². The number of hydrogen-bond donors (Lipinski definition) is 0. The predicted octanol–water partition coefficient (Wildman–Crippen LogP) is 11.4. The Morgan fingerprint density at radius 3 is 1.90 bits per heavy atom. The van der Waals surface area contributed by atoms with Crippen molar-refractivity contribution in [2.75, 3.05) is 4.90 Å². The van der Waals surface area contributed by atoms with Crippen molar-refractivity contribution in [3.8, 4) is 40.1 Å². The van der Waals surface area contributed by atoms with Crippen LogP contribution in [0.25, 0.3) is 49.7 Å². The van der Waals surface area contributed by atoms with Crippen molar-refractivity contribution in [1.82, 2.24) is 9.55 Å². The maximum Gasteiger partial charge on any atom is 0.101 e. The molecule has 240 valence electrons. The van der Waals surface area contributed by atoms with Gasteiger partial charge in [0.25, 0.3) is 0 Å². The molecule has 1 aliphatic rings. The number of benzene rings is 6. The van der Waals surface area contributed by atoms with Crippen molar-refractivity contribution in [2.24, 2.45) is 0 Å². The number of aromatic nitrogens is 2. The van der Waals surface area contributed by atoms with Gasteiger partial charge >= 0.3 is 0 Å². The quantitative estimate of drug-likeness (QED) is 0.190. The molecule has 0 N–H and O–H groups in total. The molecule has 51 heavy (non-hydrogen) atoms. The molecule has 0 saturated heterocycles. The second-order valence-corrected chi connectivity index (χ2v) is 13.5. The molecule has 1 aliphatic heterocycles. The Labute approximate surface area is 296 Å². The van der Waals surface area contributed by atoms with Crippen LogP contribution in [-0.4, -0.2) is 9.55 Å². The van der Waals surface area contributed by atoms with Crippen LogP contribution < -0.4 is 4.90 Å². The monoisotopic (exact) mass is 653 g/mol. The second-order valence-electron chi connectivity index (χ2n) is 13.5. The summed E-state index contributed by atoms with van der Waals surface area (Å²) in [6, 6.07) is 53.1. The van der Waals surface area contributed by atoms with Gasteiger partial charge in [-0.1, -0.05) is 92.7 Å². The third-order valence-corrected chi connectivity index (χ3v) is 10.3. The number of fused-ring (bicyclic) bond motifs is 5. The predicted molar refractivity (Wildman–Crippen MR) is 206 cm³/mol. The molecular formula is C46H31N5. The van der Waals surface area contributed by atoms with E-state index >= 15 is 0 Å². The van der Waals surface area contributed by atoms with E-state index in [1.807, 2.05) is 18.5 Å². The van der Waals surface area contributed by atoms with Gasteiger partial charge in [0.05, 0.1) is 33.5 Å². The Bertz CT molecular complexity index is 2670. The maximum atomic E-state index is 9.74. The lowest BCUT2D eigenvalue weighted by Gasteiger charge is -2.42. The third-order valence-electron chi connectivity index (χ3n) is 10.3. The van der Waals surface area contributed by atoms with Crippen molar-refractivity contribution in [3.05, 3.63) is 174 Å². The van der Waals surface area contributed by atoms with E-state index in [2.05, 4.69) is 162 Å². The lowest BCUT2D eigenvalue weighted by atomic mass is 9.73. The number of hydrogen-bond acceptors (Lipinski definition) is 4. The van der Waals surface area contributed by atoms with Gasteiger partial charge in [-0.25, -0.2) is 0 Å². The van der Waals surface area contributed by atoms with Gasteiger partial charge in [0.1, 0.15) is 12.1 Å². The van der Waals surface area contributed by atoms with Crippen LogP contribution in [0.5, 0.6) is 0 Å². The van der Waals surface area contributed by atoms with E-state index < -0.39 is 0 Å². The van der Waals surface area contributed by atoms with Crippen LogP contribution >= 0.6 is 0 Å². The summed E-state index contributed by atoms with van der Waals surface area (Å²) in [4.78, 5) is 6.90. The van der Waals surface area contributed by atoms with Crippen LogP contribution in [0, 0.1) is 22.7 Å². The zero-order valence-corrected chi connectivity index (χ0v) is 28.2. The molecule has 5 heteroatoms. The van der Waals surface area contributed by atoms with Crippen LogP contribution in [0.4, 0.5) is 17.1 Å². The Morgan fingerprint density at radius 1 is 0.529 bits per heavy atom. The van der Waals surface area contributed by atoms with Crippen molar-refractivity contribution < 1.29 is 0 Å². The molecule has 6 aromatic carbocycles. The van der Waals surface area contributed by atoms with E-state index in [0.29, 0.717) is 11.1 Å². The molecule has 8 aromatic rings. The zero-order chi connectivity index (χ0) is 34.7. The molecule has 0 atom stereocenters. The lowest BCUT2D eigenvalue weighted by molar-refractivity contribution is 0.632. The van der Waals surface area contributed by atoms with Crippen LogP contribution in [-0.2, 0) is 5.41 Å². The molecule has 0 spiro atoms. The van der Waals surface area contributed by atoms with Crippen molar-refractivity contribution in [2.45, 2.75) is 19.3 Å². The number of para-hydroxylation sites is 3. The highest BCUT2D eigenvalue weighted by Gasteiger charge is 2.36. The molecule has 0 saturated carbocycles. The maximum absolute atomic E-state index is 9.74. The first kappa shape index (κ1) is 30.1. The minimum atomic E-state index is -0.179. The first-order valence-corrected chi connectivity index (χ1v) is 17.0. The summed E-state index contributed by atoms with van der Waals surface area (Å²) < 4.78 is 2.34. The number of rotatable bonds is 4. The first-order chi connectivity index (χ1) is 25.0. The Hall–Kier alpha value is -6.95. The smallest absolute Gasteiger partial charge is 0.101 e. The minimum Gasteiger partial charge on any atom is -0.310 e. The van der Waals surface area contributed by atoms with E-state index in [1.165, 1.54) is 11.1 Å². The average Bonchev–Trinajstić information content (AvgIpc) is 3.52. The van der Waals surface area contributed by atoms with Crippen LogP contribution in [0.3, 0.4) is 0 Å². The summed E-state index contributed by atoms with van der Waals surface area (Å²) in [5.74, 6) is 0. The van der Waals surface area contributed by atoms with Gasteiger partial charge in [0, 0.05) is 40.0 Å². The van der Waals surface area contributed by atoms with Crippen LogP contribution in [0.2, 0.25) is 0 Å². The molecule has 2 aromatic heterocycles. The number of nitriles is 2. The highest BCUT2D eigenvalue weighted by molar-refractivity contribution is 6.09. The molecule has 5 nitrogen and oxygen atoms in total. The normalized spacial score (nSPS) is 13.0. The molecule has 0 unspecified atom stereocenters. The summed E-state index contributed by atoms with van der Waals surface area (Å²) >= 11 is 0. The van der Waals surface area contributed by atoms with Gasteiger partial charge < -0.3 is 9.47 Å². The molecular weight excluding hydrogens is 623 g/mol. The third kappa shape index (κ3) is 4.71. The summed E-state index contributed by atoms with van der Waals surface area (Å²) in [6.07, 6.45) is 3.81. The molecule has 0 amide bonds. The molecule has 9 rings (SSSR count). The van der Waals surface area contributed by atoms with Crippen molar-refractivity contribution in [1.29, 1.82) is 10.5 Å². The molecule has 0 bridgehead atoms. The fourth-order valence-electron chi connectivity index (χ4n) is 7.85. The van der Waals surface area contributed by atoms with Gasteiger partial charge in [0.15, 0.2) is 0 Å². The van der Waals surface area contributed by atoms with E-state index in [0.717, 1.165) is 66.8 Å². The fraction of sp³-hybridized carbons (Fsp3) is 0.0652. The molecule has 3 heterocycles. The van der Waals surface area contributed by atoms with Gasteiger partial charge in [-0.2, -0.15) is 10.5 Å². The highest BCUT2D eigenvalue weighted by Crippen LogP contribution is 2.52. The Kier molecular flexibility index (Phi) is 6.85. The van der Waals surface area contributed by atoms with Gasteiger partial charge in [-0.15, -0.1) is 0 Å². The number of anilines is 3. The number of pyridine rings is 1. The van der Waals surface area contributed by atoms with Gasteiger partial charge in [0.2, 0.25) is 0 Å². The fourth-order valence-corrected chi connectivity index (χ4v) is 7.85. The van der Waals surface area contributed by atoms with Crippen molar-refractivity contribution in [3.63, 3.8) is 0 Å². The molecule has 0 radical (unpaired) electrons. The zero-order valence-electron chi connectivity index (χ0n) is 28.2. The lowest BCUT2D eigenvalue weighted by Crippen LogP contribution is -2.30. The van der Waals surface area contributed by atoms with E-state index in [1.54, 1.807) is 12.1 Å². The van der Waals surface area contributed by atoms with E-state index in [4.69, 9.17) is 0 Å². The van der Waals surface area contributed by atoms with Crippen molar-refractivity contribution >= 4 is 38.9 Å². The van der Waals surface area contributed by atoms with E-state index in [9.17, 15) is 10.5 Å². The Morgan fingerprint density at radius 2 is 1.16 bits per heavy atom. The van der Waals surface area contributed by atoms with Gasteiger partial charge in [-0.05, 0) is 94.0 Å². The first-order valence-electron chi connectivity index (χ1n) is 17.0. The Balaban J connectivity index is 1.32. The standard InChI is InChI=1S/C46H31N5/c1-46(2)40-13-4-7-16-44(40)51(45-17-8-5-14-41(45)46)37-25-34(31-11-9-10-30(22-31)32-18-19-33(27-47)35(23-32)28-48)24-36(26-37)50-42-15-6-3-12-38(42)39-29-49-21-20-43(39)50/h3-26,29H,1-2H3. The minimum absolute atomic E-state index is 0.179. The highest BCUT2D eigenvalue weighted by atomic mass is 15.2.